The van der Waals surface area contributed by atoms with E-state index in [0.29, 0.717) is 11.3 Å². The Kier molecular flexibility index (Phi) is 9.19. The first-order valence-corrected chi connectivity index (χ1v) is 10.5. The summed E-state index contributed by atoms with van der Waals surface area (Å²) < 4.78 is 0. The van der Waals surface area contributed by atoms with Crippen molar-refractivity contribution in [1.29, 1.82) is 0 Å². The molecule has 5 heteroatoms. The van der Waals surface area contributed by atoms with Crippen LogP contribution in [-0.4, -0.2) is 55.4 Å². The van der Waals surface area contributed by atoms with E-state index in [9.17, 15) is 0 Å². The number of hydrogen-bond acceptors (Lipinski definition) is 3. The molecule has 1 aromatic carbocycles. The second-order valence-electron chi connectivity index (χ2n) is 6.81. The maximum absolute atomic E-state index is 4.40. The Balaban J connectivity index is 1.67. The van der Waals surface area contributed by atoms with Crippen molar-refractivity contribution in [2.45, 2.75) is 55.7 Å². The standard InChI is InChI=1S/C20H34N4S/c1-4-5-13-24-14-11-18(12-15-24)23-20(21-3)22-16-17(2)25-19-9-7-6-8-10-19/h6-10,17-18H,4-5,11-16H2,1-3H3,(H2,21,22,23). The maximum Gasteiger partial charge on any atom is 0.191 e. The van der Waals surface area contributed by atoms with Gasteiger partial charge in [-0.15, -0.1) is 11.8 Å². The fraction of sp³-hybridized carbons (Fsp3) is 0.650. The second kappa shape index (κ2) is 11.4. The molecule has 1 saturated heterocycles. The number of rotatable bonds is 8. The number of unbranched alkanes of at least 4 members (excludes halogenated alkanes) is 1. The lowest BCUT2D eigenvalue weighted by molar-refractivity contribution is 0.203. The lowest BCUT2D eigenvalue weighted by Gasteiger charge is -2.33. The summed E-state index contributed by atoms with van der Waals surface area (Å²) >= 11 is 1.90. The highest BCUT2D eigenvalue weighted by atomic mass is 32.2. The van der Waals surface area contributed by atoms with Crippen LogP contribution >= 0.6 is 11.8 Å². The molecule has 0 radical (unpaired) electrons. The van der Waals surface area contributed by atoms with Gasteiger partial charge in [-0.25, -0.2) is 0 Å². The Labute approximate surface area is 157 Å². The number of nitrogens with zero attached hydrogens (tertiary/aromatic N) is 2. The Morgan fingerprint density at radius 3 is 2.64 bits per heavy atom. The van der Waals surface area contributed by atoms with E-state index in [1.807, 2.05) is 18.8 Å². The lowest BCUT2D eigenvalue weighted by Crippen LogP contribution is -2.49. The summed E-state index contributed by atoms with van der Waals surface area (Å²) in [5, 5.41) is 7.59. The first-order valence-electron chi connectivity index (χ1n) is 9.62. The number of hydrogen-bond donors (Lipinski definition) is 2. The molecule has 1 aliphatic heterocycles. The van der Waals surface area contributed by atoms with E-state index in [2.05, 4.69) is 64.7 Å². The van der Waals surface area contributed by atoms with Crippen LogP contribution in [0.25, 0.3) is 0 Å². The van der Waals surface area contributed by atoms with Crippen molar-refractivity contribution >= 4 is 17.7 Å². The lowest BCUT2D eigenvalue weighted by atomic mass is 10.0. The molecule has 4 nitrogen and oxygen atoms in total. The summed E-state index contributed by atoms with van der Waals surface area (Å²) in [5.74, 6) is 0.938. The van der Waals surface area contributed by atoms with Crippen LogP contribution in [0.3, 0.4) is 0 Å². The smallest absolute Gasteiger partial charge is 0.191 e. The monoisotopic (exact) mass is 362 g/mol. The minimum atomic E-state index is 0.497. The Bertz CT molecular complexity index is 498. The third-order valence-electron chi connectivity index (χ3n) is 4.62. The Morgan fingerprint density at radius 1 is 1.28 bits per heavy atom. The molecule has 140 valence electrons. The van der Waals surface area contributed by atoms with Gasteiger partial charge in [-0.2, -0.15) is 0 Å². The van der Waals surface area contributed by atoms with E-state index in [4.69, 9.17) is 0 Å². The van der Waals surface area contributed by atoms with Gasteiger partial charge in [-0.05, 0) is 37.9 Å². The van der Waals surface area contributed by atoms with Crippen molar-refractivity contribution in [3.8, 4) is 0 Å². The first-order chi connectivity index (χ1) is 12.2. The third-order valence-corrected chi connectivity index (χ3v) is 5.73. The van der Waals surface area contributed by atoms with Crippen LogP contribution in [0.4, 0.5) is 0 Å². The van der Waals surface area contributed by atoms with E-state index < -0.39 is 0 Å². The van der Waals surface area contributed by atoms with E-state index >= 15 is 0 Å². The molecule has 1 atom stereocenters. The van der Waals surface area contributed by atoms with Crippen molar-refractivity contribution in [1.82, 2.24) is 15.5 Å². The predicted octanol–water partition coefficient (Wildman–Crippen LogP) is 3.60. The molecule has 0 saturated carbocycles. The molecule has 1 aliphatic rings. The molecule has 1 fully saturated rings. The van der Waals surface area contributed by atoms with Crippen LogP contribution in [0.5, 0.6) is 0 Å². The average Bonchev–Trinajstić information content (AvgIpc) is 2.65. The van der Waals surface area contributed by atoms with Crippen molar-refractivity contribution < 1.29 is 0 Å². The number of likely N-dealkylation sites (tertiary alicyclic amines) is 1. The number of aliphatic imine (C=N–C) groups is 1. The van der Waals surface area contributed by atoms with Crippen molar-refractivity contribution in [2.24, 2.45) is 4.99 Å². The molecule has 1 aromatic rings. The van der Waals surface area contributed by atoms with Gasteiger partial charge < -0.3 is 15.5 Å². The number of piperidine rings is 1. The zero-order valence-corrected chi connectivity index (χ0v) is 16.8. The molecule has 1 unspecified atom stereocenters. The fourth-order valence-electron chi connectivity index (χ4n) is 3.08. The van der Waals surface area contributed by atoms with Gasteiger partial charge in [0.15, 0.2) is 5.96 Å². The minimum absolute atomic E-state index is 0.497. The molecule has 0 aliphatic carbocycles. The van der Waals surface area contributed by atoms with Crippen LogP contribution in [0.2, 0.25) is 0 Å². The topological polar surface area (TPSA) is 39.7 Å². The summed E-state index contributed by atoms with van der Waals surface area (Å²) in [7, 11) is 1.86. The highest BCUT2D eigenvalue weighted by molar-refractivity contribution is 8.00. The zero-order chi connectivity index (χ0) is 17.9. The summed E-state index contributed by atoms with van der Waals surface area (Å²) in [6, 6.07) is 11.1. The fourth-order valence-corrected chi connectivity index (χ4v) is 4.03. The average molecular weight is 363 g/mol. The number of thioether (sulfide) groups is 1. The SMILES string of the molecule is CCCCN1CCC(NC(=NC)NCC(C)Sc2ccccc2)CC1. The Morgan fingerprint density at radius 2 is 2.00 bits per heavy atom. The zero-order valence-electron chi connectivity index (χ0n) is 16.0. The Hall–Kier alpha value is -1.20. The molecule has 0 amide bonds. The first kappa shape index (κ1) is 20.1. The van der Waals surface area contributed by atoms with E-state index in [1.54, 1.807) is 0 Å². The molecule has 0 aromatic heterocycles. The van der Waals surface area contributed by atoms with Gasteiger partial charge in [-0.1, -0.05) is 38.5 Å². The van der Waals surface area contributed by atoms with Crippen LogP contribution in [0, 0.1) is 0 Å². The molecule has 0 bridgehead atoms. The number of guanidine groups is 1. The van der Waals surface area contributed by atoms with Gasteiger partial charge in [0.25, 0.3) is 0 Å². The van der Waals surface area contributed by atoms with E-state index in [1.165, 1.54) is 50.2 Å². The van der Waals surface area contributed by atoms with Gasteiger partial charge in [0.2, 0.25) is 0 Å². The highest BCUT2D eigenvalue weighted by Gasteiger charge is 2.19. The molecule has 0 spiro atoms. The van der Waals surface area contributed by atoms with Gasteiger partial charge in [0.1, 0.15) is 0 Å². The summed E-state index contributed by atoms with van der Waals surface area (Å²) in [4.78, 5) is 8.31. The quantitative estimate of drug-likeness (QED) is 0.421. The largest absolute Gasteiger partial charge is 0.355 e. The van der Waals surface area contributed by atoms with Crippen molar-refractivity contribution in [2.75, 3.05) is 33.2 Å². The summed E-state index contributed by atoms with van der Waals surface area (Å²) in [6.07, 6.45) is 5.02. The van der Waals surface area contributed by atoms with Gasteiger partial charge in [0, 0.05) is 42.9 Å². The van der Waals surface area contributed by atoms with E-state index in [0.717, 1.165) is 12.5 Å². The second-order valence-corrected chi connectivity index (χ2v) is 8.32. The van der Waals surface area contributed by atoms with Crippen molar-refractivity contribution in [3.63, 3.8) is 0 Å². The molecule has 1 heterocycles. The minimum Gasteiger partial charge on any atom is -0.355 e. The summed E-state index contributed by atoms with van der Waals surface area (Å²) in [6.45, 7) is 9.09. The van der Waals surface area contributed by atoms with Crippen molar-refractivity contribution in [3.05, 3.63) is 30.3 Å². The highest BCUT2D eigenvalue weighted by Crippen LogP contribution is 2.21. The molecular weight excluding hydrogens is 328 g/mol. The number of nitrogens with one attached hydrogen (secondary N) is 2. The molecule has 25 heavy (non-hydrogen) atoms. The van der Waals surface area contributed by atoms with Gasteiger partial charge in [0.05, 0.1) is 0 Å². The van der Waals surface area contributed by atoms with E-state index in [-0.39, 0.29) is 0 Å². The van der Waals surface area contributed by atoms with Crippen LogP contribution in [0.15, 0.2) is 40.2 Å². The van der Waals surface area contributed by atoms with Crippen LogP contribution in [-0.2, 0) is 0 Å². The van der Waals surface area contributed by atoms with Crippen LogP contribution < -0.4 is 10.6 Å². The number of benzene rings is 1. The molecule has 2 N–H and O–H groups in total. The van der Waals surface area contributed by atoms with Crippen LogP contribution in [0.1, 0.15) is 39.5 Å². The molecular formula is C20H34N4S. The van der Waals surface area contributed by atoms with Gasteiger partial charge in [-0.3, -0.25) is 4.99 Å². The van der Waals surface area contributed by atoms with Gasteiger partial charge >= 0.3 is 0 Å². The third kappa shape index (κ3) is 7.70. The molecule has 2 rings (SSSR count). The summed E-state index contributed by atoms with van der Waals surface area (Å²) in [5.41, 5.74) is 0. The normalized spacial score (nSPS) is 18.1. The predicted molar refractivity (Wildman–Crippen MR) is 111 cm³/mol. The maximum atomic E-state index is 4.40.